The number of carbonyl (C=O) groups excluding carboxylic acids is 1. The number of hydrogen-bond donors (Lipinski definition) is 1. The van der Waals surface area contributed by atoms with E-state index in [1.165, 1.54) is 37.4 Å². The molecule has 1 N–H and O–H groups in total. The maximum Gasteiger partial charge on any atom is 0.573 e. The van der Waals surface area contributed by atoms with Gasteiger partial charge < -0.3 is 14.8 Å². The first kappa shape index (κ1) is 24.6. The van der Waals surface area contributed by atoms with Crippen LogP contribution in [0.25, 0.3) is 0 Å². The van der Waals surface area contributed by atoms with Crippen LogP contribution >= 0.6 is 11.6 Å². The third kappa shape index (κ3) is 6.66. The number of rotatable bonds is 8. The highest BCUT2D eigenvalue weighted by Gasteiger charge is 2.34. The van der Waals surface area contributed by atoms with Crippen molar-refractivity contribution in [2.24, 2.45) is 0 Å². The van der Waals surface area contributed by atoms with Gasteiger partial charge in [-0.1, -0.05) is 18.5 Å². The second-order valence-corrected chi connectivity index (χ2v) is 8.66. The van der Waals surface area contributed by atoms with Crippen LogP contribution in [-0.4, -0.2) is 40.1 Å². The van der Waals surface area contributed by atoms with E-state index in [9.17, 15) is 26.4 Å². The van der Waals surface area contributed by atoms with Gasteiger partial charge in [0.1, 0.15) is 17.5 Å². The number of nitrogens with one attached hydrogen (secondary N) is 1. The Morgan fingerprint density at radius 2 is 1.81 bits per heavy atom. The fraction of sp³-hybridized carbons (Fsp3) is 0.316. The fourth-order valence-electron chi connectivity index (χ4n) is 2.84. The van der Waals surface area contributed by atoms with Crippen molar-refractivity contribution >= 4 is 38.9 Å². The number of alkyl halides is 3. The lowest BCUT2D eigenvalue weighted by molar-refractivity contribution is -0.274. The van der Waals surface area contributed by atoms with Crippen molar-refractivity contribution in [1.29, 1.82) is 0 Å². The molecule has 0 fully saturated rings. The number of benzene rings is 2. The molecule has 7 nitrogen and oxygen atoms in total. The fourth-order valence-corrected chi connectivity index (χ4v) is 4.21. The molecule has 0 saturated heterocycles. The number of methoxy groups -OCH3 is 1. The molecule has 2 rings (SSSR count). The minimum atomic E-state index is -4.84. The van der Waals surface area contributed by atoms with E-state index in [-0.39, 0.29) is 28.6 Å². The van der Waals surface area contributed by atoms with E-state index in [1.54, 1.807) is 6.92 Å². The molecule has 0 aliphatic carbocycles. The van der Waals surface area contributed by atoms with Crippen LogP contribution in [0.2, 0.25) is 5.02 Å². The van der Waals surface area contributed by atoms with E-state index in [4.69, 9.17) is 16.3 Å². The lowest BCUT2D eigenvalue weighted by atomic mass is 10.1. The van der Waals surface area contributed by atoms with Crippen molar-refractivity contribution < 1.29 is 35.9 Å². The molecule has 0 aliphatic rings. The summed E-state index contributed by atoms with van der Waals surface area (Å²) in [6, 6.07) is 7.62. The second-order valence-electron chi connectivity index (χ2n) is 6.36. The summed E-state index contributed by atoms with van der Waals surface area (Å²) in [5, 5.41) is 2.74. The Kier molecular flexibility index (Phi) is 7.66. The average Bonchev–Trinajstić information content (AvgIpc) is 2.65. The Morgan fingerprint density at radius 1 is 1.19 bits per heavy atom. The Morgan fingerprint density at radius 3 is 2.29 bits per heavy atom. The molecule has 31 heavy (non-hydrogen) atoms. The number of hydrogen-bond acceptors (Lipinski definition) is 5. The van der Waals surface area contributed by atoms with E-state index >= 15 is 0 Å². The number of amides is 1. The summed E-state index contributed by atoms with van der Waals surface area (Å²) in [5.41, 5.74) is 0.234. The first-order valence-electron chi connectivity index (χ1n) is 8.85. The SMILES string of the molecule is CC[C@H](C(=O)Nc1ccc(OC(F)(F)F)cc1)N(c1cc(Cl)ccc1OC)S(C)(=O)=O. The van der Waals surface area contributed by atoms with E-state index in [2.05, 4.69) is 10.1 Å². The summed E-state index contributed by atoms with van der Waals surface area (Å²) in [4.78, 5) is 12.9. The molecular weight excluding hydrogens is 461 g/mol. The minimum Gasteiger partial charge on any atom is -0.495 e. The predicted octanol–water partition coefficient (Wildman–Crippen LogP) is 4.43. The van der Waals surface area contributed by atoms with Crippen LogP contribution in [0, 0.1) is 0 Å². The normalized spacial score (nSPS) is 12.7. The quantitative estimate of drug-likeness (QED) is 0.604. The summed E-state index contributed by atoms with van der Waals surface area (Å²) < 4.78 is 71.9. The van der Waals surface area contributed by atoms with Crippen LogP contribution < -0.4 is 19.1 Å². The van der Waals surface area contributed by atoms with Crippen molar-refractivity contribution in [2.75, 3.05) is 23.0 Å². The van der Waals surface area contributed by atoms with E-state index in [0.29, 0.717) is 0 Å². The van der Waals surface area contributed by atoms with Crippen molar-refractivity contribution in [2.45, 2.75) is 25.7 Å². The topological polar surface area (TPSA) is 84.9 Å². The van der Waals surface area contributed by atoms with Gasteiger partial charge in [-0.05, 0) is 48.9 Å². The van der Waals surface area contributed by atoms with Gasteiger partial charge in [0.2, 0.25) is 15.9 Å². The molecule has 0 saturated carbocycles. The Labute approximate surface area is 182 Å². The number of carbonyl (C=O) groups is 1. The maximum absolute atomic E-state index is 12.9. The zero-order valence-electron chi connectivity index (χ0n) is 16.7. The van der Waals surface area contributed by atoms with Crippen molar-refractivity contribution in [1.82, 2.24) is 0 Å². The summed E-state index contributed by atoms with van der Waals surface area (Å²) in [6.45, 7) is 1.61. The predicted molar refractivity (Wildman–Crippen MR) is 111 cm³/mol. The molecule has 1 amide bonds. The van der Waals surface area contributed by atoms with Crippen LogP contribution in [0.1, 0.15) is 13.3 Å². The molecule has 1 atom stereocenters. The van der Waals surface area contributed by atoms with Crippen LogP contribution in [0.4, 0.5) is 24.5 Å². The molecule has 0 heterocycles. The van der Waals surface area contributed by atoms with Gasteiger partial charge in [-0.3, -0.25) is 9.10 Å². The average molecular weight is 481 g/mol. The van der Waals surface area contributed by atoms with Gasteiger partial charge in [-0.2, -0.15) is 0 Å². The Balaban J connectivity index is 2.35. The lowest BCUT2D eigenvalue weighted by Crippen LogP contribution is -2.47. The van der Waals surface area contributed by atoms with E-state index < -0.39 is 34.1 Å². The highest BCUT2D eigenvalue weighted by Crippen LogP contribution is 2.35. The third-order valence-electron chi connectivity index (χ3n) is 4.06. The van der Waals surface area contributed by atoms with Gasteiger partial charge in [0.25, 0.3) is 0 Å². The molecule has 12 heteroatoms. The minimum absolute atomic E-state index is 0.0772. The highest BCUT2D eigenvalue weighted by atomic mass is 35.5. The lowest BCUT2D eigenvalue weighted by Gasteiger charge is -2.31. The summed E-state index contributed by atoms with van der Waals surface area (Å²) >= 11 is 6.02. The number of anilines is 2. The molecule has 0 unspecified atom stereocenters. The van der Waals surface area contributed by atoms with Gasteiger partial charge in [-0.15, -0.1) is 13.2 Å². The largest absolute Gasteiger partial charge is 0.573 e. The zero-order valence-corrected chi connectivity index (χ0v) is 18.3. The van der Waals surface area contributed by atoms with Crippen molar-refractivity contribution in [3.8, 4) is 11.5 Å². The van der Waals surface area contributed by atoms with Crippen molar-refractivity contribution in [3.63, 3.8) is 0 Å². The molecule has 2 aromatic rings. The maximum atomic E-state index is 12.9. The molecule has 0 radical (unpaired) electrons. The molecule has 2 aromatic carbocycles. The van der Waals surface area contributed by atoms with E-state index in [1.807, 2.05) is 0 Å². The molecule has 0 bridgehead atoms. The number of halogens is 4. The van der Waals surface area contributed by atoms with Crippen molar-refractivity contribution in [3.05, 3.63) is 47.5 Å². The number of sulfonamides is 1. The third-order valence-corrected chi connectivity index (χ3v) is 5.46. The van der Waals surface area contributed by atoms with Gasteiger partial charge in [0, 0.05) is 10.7 Å². The summed E-state index contributed by atoms with van der Waals surface area (Å²) in [5.74, 6) is -0.965. The Hall–Kier alpha value is -2.66. The van der Waals surface area contributed by atoms with Crippen LogP contribution in [0.15, 0.2) is 42.5 Å². The first-order valence-corrected chi connectivity index (χ1v) is 11.1. The van der Waals surface area contributed by atoms with Crippen LogP contribution in [-0.2, 0) is 14.8 Å². The van der Waals surface area contributed by atoms with Crippen LogP contribution in [0.5, 0.6) is 11.5 Å². The van der Waals surface area contributed by atoms with Crippen LogP contribution in [0.3, 0.4) is 0 Å². The zero-order chi connectivity index (χ0) is 23.4. The smallest absolute Gasteiger partial charge is 0.495 e. The molecule has 0 aliphatic heterocycles. The second kappa shape index (κ2) is 9.65. The number of ether oxygens (including phenoxy) is 2. The van der Waals surface area contributed by atoms with Gasteiger partial charge in [0.15, 0.2) is 0 Å². The first-order chi connectivity index (χ1) is 14.4. The van der Waals surface area contributed by atoms with Gasteiger partial charge >= 0.3 is 6.36 Å². The molecule has 170 valence electrons. The summed E-state index contributed by atoms with van der Waals surface area (Å²) in [7, 11) is -2.61. The van der Waals surface area contributed by atoms with E-state index in [0.717, 1.165) is 22.7 Å². The molecular formula is C19H20ClF3N2O5S. The van der Waals surface area contributed by atoms with Gasteiger partial charge in [0.05, 0.1) is 19.1 Å². The number of nitrogens with zero attached hydrogens (tertiary/aromatic N) is 1. The Bertz CT molecular complexity index is 1030. The molecule has 0 aromatic heterocycles. The molecule has 0 spiro atoms. The monoisotopic (exact) mass is 480 g/mol. The van der Waals surface area contributed by atoms with Gasteiger partial charge in [-0.25, -0.2) is 8.42 Å². The summed E-state index contributed by atoms with van der Waals surface area (Å²) in [6.07, 6.45) is -3.82. The standard InChI is InChI=1S/C19H20ClF3N2O5S/c1-4-15(18(26)24-13-6-8-14(9-7-13)30-19(21,22)23)25(31(3,27)28)16-11-12(20)5-10-17(16)29-2/h5-11,15H,4H2,1-3H3,(H,24,26)/t15-/m1/s1. The highest BCUT2D eigenvalue weighted by molar-refractivity contribution is 7.92.